The number of hydrogen-bond acceptors (Lipinski definition) is 4. The molecule has 0 unspecified atom stereocenters. The SMILES string of the molecule is O=C(COC(=O)C1(c2ccccc2)CCC1)NCC(=O)Nc1ccccc1Br. The van der Waals surface area contributed by atoms with Gasteiger partial charge in [-0.3, -0.25) is 14.4 Å². The van der Waals surface area contributed by atoms with E-state index in [1.165, 1.54) is 0 Å². The Balaban J connectivity index is 1.46. The largest absolute Gasteiger partial charge is 0.455 e. The van der Waals surface area contributed by atoms with Crippen LogP contribution >= 0.6 is 15.9 Å². The van der Waals surface area contributed by atoms with Crippen LogP contribution in [0.2, 0.25) is 0 Å². The first-order chi connectivity index (χ1) is 13.5. The molecule has 1 aliphatic carbocycles. The van der Waals surface area contributed by atoms with Crippen molar-refractivity contribution in [3.63, 3.8) is 0 Å². The highest BCUT2D eigenvalue weighted by Crippen LogP contribution is 2.44. The Kier molecular flexibility index (Phi) is 6.46. The fourth-order valence-corrected chi connectivity index (χ4v) is 3.54. The van der Waals surface area contributed by atoms with Gasteiger partial charge in [0.15, 0.2) is 6.61 Å². The number of benzene rings is 2. The van der Waals surface area contributed by atoms with Crippen molar-refractivity contribution in [3.05, 3.63) is 64.6 Å². The first kappa shape index (κ1) is 20.1. The normalized spacial score (nSPS) is 14.5. The molecule has 7 heteroatoms. The highest BCUT2D eigenvalue weighted by Gasteiger charge is 2.47. The molecular formula is C21H21BrN2O4. The molecule has 0 spiro atoms. The number of rotatable bonds is 7. The monoisotopic (exact) mass is 444 g/mol. The Labute approximate surface area is 171 Å². The van der Waals surface area contributed by atoms with Gasteiger partial charge in [-0.25, -0.2) is 0 Å². The van der Waals surface area contributed by atoms with Gasteiger partial charge in [-0.15, -0.1) is 0 Å². The standard InChI is InChI=1S/C21H21BrN2O4/c22-16-9-4-5-10-17(16)24-18(25)13-23-19(26)14-28-20(27)21(11-6-12-21)15-7-2-1-3-8-15/h1-5,7-10H,6,11-14H2,(H,23,26)(H,24,25). The van der Waals surface area contributed by atoms with Crippen molar-refractivity contribution in [1.82, 2.24) is 5.32 Å². The molecule has 1 saturated carbocycles. The zero-order valence-electron chi connectivity index (χ0n) is 15.2. The van der Waals surface area contributed by atoms with Gasteiger partial charge < -0.3 is 15.4 Å². The molecule has 2 amide bonds. The Morgan fingerprint density at radius 1 is 0.964 bits per heavy atom. The summed E-state index contributed by atoms with van der Waals surface area (Å²) in [6, 6.07) is 16.7. The number of para-hydroxylation sites is 1. The van der Waals surface area contributed by atoms with Crippen molar-refractivity contribution in [3.8, 4) is 0 Å². The van der Waals surface area contributed by atoms with E-state index in [1.807, 2.05) is 36.4 Å². The Morgan fingerprint density at radius 2 is 1.64 bits per heavy atom. The van der Waals surface area contributed by atoms with E-state index in [1.54, 1.807) is 18.2 Å². The summed E-state index contributed by atoms with van der Waals surface area (Å²) in [6.45, 7) is -0.614. The van der Waals surface area contributed by atoms with Gasteiger partial charge in [0, 0.05) is 4.47 Å². The first-order valence-corrected chi connectivity index (χ1v) is 9.84. The van der Waals surface area contributed by atoms with Crippen molar-refractivity contribution in [2.45, 2.75) is 24.7 Å². The van der Waals surface area contributed by atoms with Gasteiger partial charge in [0.2, 0.25) is 5.91 Å². The van der Waals surface area contributed by atoms with Crippen LogP contribution in [0.25, 0.3) is 0 Å². The quantitative estimate of drug-likeness (QED) is 0.642. The summed E-state index contributed by atoms with van der Waals surface area (Å²) in [5.74, 6) is -1.28. The summed E-state index contributed by atoms with van der Waals surface area (Å²) in [4.78, 5) is 36.5. The van der Waals surface area contributed by atoms with Crippen LogP contribution in [0.15, 0.2) is 59.1 Å². The van der Waals surface area contributed by atoms with E-state index < -0.39 is 23.9 Å². The van der Waals surface area contributed by atoms with E-state index in [4.69, 9.17) is 4.74 Å². The fourth-order valence-electron chi connectivity index (χ4n) is 3.15. The molecule has 1 aliphatic rings. The number of esters is 1. The molecule has 2 N–H and O–H groups in total. The number of amides is 2. The van der Waals surface area contributed by atoms with Crippen molar-refractivity contribution >= 4 is 39.4 Å². The Hall–Kier alpha value is -2.67. The van der Waals surface area contributed by atoms with Gasteiger partial charge in [-0.2, -0.15) is 0 Å². The van der Waals surface area contributed by atoms with Gasteiger partial charge in [-0.1, -0.05) is 48.9 Å². The molecule has 2 aromatic rings. The van der Waals surface area contributed by atoms with Crippen LogP contribution in [0, 0.1) is 0 Å². The summed E-state index contributed by atoms with van der Waals surface area (Å²) in [5.41, 5.74) is 0.876. The average molecular weight is 445 g/mol. The van der Waals surface area contributed by atoms with Crippen LogP contribution in [-0.4, -0.2) is 30.9 Å². The molecule has 6 nitrogen and oxygen atoms in total. The highest BCUT2D eigenvalue weighted by atomic mass is 79.9. The number of anilines is 1. The molecule has 28 heavy (non-hydrogen) atoms. The maximum Gasteiger partial charge on any atom is 0.317 e. The van der Waals surface area contributed by atoms with E-state index >= 15 is 0 Å². The van der Waals surface area contributed by atoms with Gasteiger partial charge in [0.25, 0.3) is 5.91 Å². The molecule has 0 heterocycles. The lowest BCUT2D eigenvalue weighted by Gasteiger charge is -2.39. The molecule has 1 fully saturated rings. The zero-order chi connectivity index (χ0) is 20.0. The summed E-state index contributed by atoms with van der Waals surface area (Å²) >= 11 is 3.34. The second-order valence-electron chi connectivity index (χ2n) is 6.68. The summed E-state index contributed by atoms with van der Waals surface area (Å²) in [7, 11) is 0. The third kappa shape index (κ3) is 4.59. The smallest absolute Gasteiger partial charge is 0.317 e. The van der Waals surface area contributed by atoms with E-state index in [-0.39, 0.29) is 12.5 Å². The van der Waals surface area contributed by atoms with E-state index in [0.29, 0.717) is 18.5 Å². The minimum atomic E-state index is -0.654. The maximum absolute atomic E-state index is 12.6. The van der Waals surface area contributed by atoms with Crippen molar-refractivity contribution in [1.29, 1.82) is 0 Å². The van der Waals surface area contributed by atoms with Crippen molar-refractivity contribution in [2.24, 2.45) is 0 Å². The van der Waals surface area contributed by atoms with Crippen LogP contribution in [0.3, 0.4) is 0 Å². The number of carbonyl (C=O) groups excluding carboxylic acids is 3. The predicted molar refractivity (Wildman–Crippen MR) is 109 cm³/mol. The average Bonchev–Trinajstić information content (AvgIpc) is 2.66. The summed E-state index contributed by atoms with van der Waals surface area (Å²) in [5, 5.41) is 5.15. The number of ether oxygens (including phenoxy) is 1. The van der Waals surface area contributed by atoms with Crippen molar-refractivity contribution in [2.75, 3.05) is 18.5 Å². The number of hydrogen-bond donors (Lipinski definition) is 2. The topological polar surface area (TPSA) is 84.5 Å². The summed E-state index contributed by atoms with van der Waals surface area (Å²) < 4.78 is 5.99. The van der Waals surface area contributed by atoms with Gasteiger partial charge in [-0.05, 0) is 46.5 Å². The molecule has 0 radical (unpaired) electrons. The van der Waals surface area contributed by atoms with Gasteiger partial charge in [0.05, 0.1) is 17.6 Å². The minimum absolute atomic E-state index is 0.207. The Bertz CT molecular complexity index is 866. The first-order valence-electron chi connectivity index (χ1n) is 9.05. The molecule has 0 bridgehead atoms. The van der Waals surface area contributed by atoms with Crippen LogP contribution in [0.4, 0.5) is 5.69 Å². The molecule has 2 aromatic carbocycles. The molecule has 146 valence electrons. The zero-order valence-corrected chi connectivity index (χ0v) is 16.8. The van der Waals surface area contributed by atoms with Gasteiger partial charge >= 0.3 is 5.97 Å². The van der Waals surface area contributed by atoms with E-state index in [9.17, 15) is 14.4 Å². The molecule has 0 aliphatic heterocycles. The lowest BCUT2D eigenvalue weighted by Crippen LogP contribution is -2.45. The van der Waals surface area contributed by atoms with Crippen LogP contribution in [0.1, 0.15) is 24.8 Å². The second-order valence-corrected chi connectivity index (χ2v) is 7.54. The summed E-state index contributed by atoms with van der Waals surface area (Å²) in [6.07, 6.45) is 2.38. The maximum atomic E-state index is 12.6. The van der Waals surface area contributed by atoms with Gasteiger partial charge in [0.1, 0.15) is 0 Å². The van der Waals surface area contributed by atoms with E-state index in [0.717, 1.165) is 16.5 Å². The third-order valence-corrected chi connectivity index (χ3v) is 5.54. The predicted octanol–water partition coefficient (Wildman–Crippen LogP) is 3.17. The highest BCUT2D eigenvalue weighted by molar-refractivity contribution is 9.10. The molecule has 0 aromatic heterocycles. The second kappa shape index (κ2) is 9.01. The number of nitrogens with one attached hydrogen (secondary N) is 2. The third-order valence-electron chi connectivity index (χ3n) is 4.85. The lowest BCUT2D eigenvalue weighted by molar-refractivity contribution is -0.157. The van der Waals surface area contributed by atoms with Crippen molar-refractivity contribution < 1.29 is 19.1 Å². The van der Waals surface area contributed by atoms with E-state index in [2.05, 4.69) is 26.6 Å². The molecular weight excluding hydrogens is 424 g/mol. The fraction of sp³-hybridized carbons (Fsp3) is 0.286. The lowest BCUT2D eigenvalue weighted by atomic mass is 9.64. The van der Waals surface area contributed by atoms with Crippen LogP contribution in [-0.2, 0) is 24.5 Å². The van der Waals surface area contributed by atoms with Crippen LogP contribution in [0.5, 0.6) is 0 Å². The number of halogens is 1. The van der Waals surface area contributed by atoms with Crippen LogP contribution < -0.4 is 10.6 Å². The number of carbonyl (C=O) groups is 3. The Morgan fingerprint density at radius 3 is 2.29 bits per heavy atom. The molecule has 0 saturated heterocycles. The minimum Gasteiger partial charge on any atom is -0.455 e. The molecule has 3 rings (SSSR count). The molecule has 0 atom stereocenters.